The summed E-state index contributed by atoms with van der Waals surface area (Å²) in [5.41, 5.74) is 3.18. The Hall–Kier alpha value is -3.27. The number of carbonyl (C=O) groups is 1. The van der Waals surface area contributed by atoms with Crippen LogP contribution in [0.3, 0.4) is 0 Å². The van der Waals surface area contributed by atoms with Gasteiger partial charge in [0.2, 0.25) is 0 Å². The van der Waals surface area contributed by atoms with Crippen LogP contribution in [0.5, 0.6) is 5.75 Å². The molecule has 31 heavy (non-hydrogen) atoms. The van der Waals surface area contributed by atoms with Crippen LogP contribution in [0, 0.1) is 17.2 Å². The Bertz CT molecular complexity index is 1120. The summed E-state index contributed by atoms with van der Waals surface area (Å²) in [6.07, 6.45) is 11.6. The predicted molar refractivity (Wildman–Crippen MR) is 114 cm³/mol. The number of rotatable bonds is 6. The molecular formula is C24H24FN3O3. The first-order chi connectivity index (χ1) is 15.2. The van der Waals surface area contributed by atoms with Crippen LogP contribution >= 0.6 is 0 Å². The molecule has 1 unspecified atom stereocenters. The SMILES string of the molecule is N#Cc1c(C2=CCC(NC(=O)OCC3CC3)C=C2)n(C2CCC2)c2cc(OF)ccc12. The number of halogens is 1. The highest BCUT2D eigenvalue weighted by molar-refractivity contribution is 5.95. The minimum atomic E-state index is -0.390. The number of ether oxygens (including phenoxy) is 1. The minimum absolute atomic E-state index is 0.128. The Labute approximate surface area is 179 Å². The zero-order chi connectivity index (χ0) is 21.4. The summed E-state index contributed by atoms with van der Waals surface area (Å²) in [6, 6.07) is 7.43. The fourth-order valence-corrected chi connectivity index (χ4v) is 4.33. The number of hydrogen-bond donors (Lipinski definition) is 1. The van der Waals surface area contributed by atoms with Crippen molar-refractivity contribution in [2.24, 2.45) is 5.92 Å². The number of allylic oxidation sites excluding steroid dienone is 2. The number of carbonyl (C=O) groups excluding carboxylic acids is 1. The lowest BCUT2D eigenvalue weighted by atomic mass is 9.91. The quantitative estimate of drug-likeness (QED) is 0.682. The number of nitriles is 1. The molecule has 0 aliphatic heterocycles. The van der Waals surface area contributed by atoms with Gasteiger partial charge in [0.25, 0.3) is 0 Å². The summed E-state index contributed by atoms with van der Waals surface area (Å²) in [7, 11) is 0. The van der Waals surface area contributed by atoms with Crippen LogP contribution in [0.4, 0.5) is 9.32 Å². The Balaban J connectivity index is 1.43. The maximum absolute atomic E-state index is 12.8. The van der Waals surface area contributed by atoms with Gasteiger partial charge in [0.1, 0.15) is 6.07 Å². The molecule has 0 bridgehead atoms. The monoisotopic (exact) mass is 421 g/mol. The summed E-state index contributed by atoms with van der Waals surface area (Å²) in [6.45, 7) is 0.487. The molecule has 6 nitrogen and oxygen atoms in total. The first kappa shape index (κ1) is 19.7. The van der Waals surface area contributed by atoms with Gasteiger partial charge in [-0.05, 0) is 62.1 Å². The zero-order valence-corrected chi connectivity index (χ0v) is 17.1. The molecule has 1 aromatic heterocycles. The molecule has 0 spiro atoms. The topological polar surface area (TPSA) is 76.3 Å². The molecule has 1 amide bonds. The van der Waals surface area contributed by atoms with Gasteiger partial charge in [0.05, 0.1) is 29.4 Å². The van der Waals surface area contributed by atoms with Crippen molar-refractivity contribution in [3.8, 4) is 11.8 Å². The van der Waals surface area contributed by atoms with E-state index in [0.717, 1.165) is 54.3 Å². The molecule has 1 N–H and O–H groups in total. The Morgan fingerprint density at radius 3 is 2.74 bits per heavy atom. The summed E-state index contributed by atoms with van der Waals surface area (Å²) in [5, 5.41) is 13.6. The van der Waals surface area contributed by atoms with Gasteiger partial charge in [-0.1, -0.05) is 18.2 Å². The van der Waals surface area contributed by atoms with E-state index in [1.54, 1.807) is 12.1 Å². The van der Waals surface area contributed by atoms with E-state index in [-0.39, 0.29) is 17.8 Å². The lowest BCUT2D eigenvalue weighted by Crippen LogP contribution is -2.34. The van der Waals surface area contributed by atoms with Gasteiger partial charge in [-0.25, -0.2) is 4.79 Å². The van der Waals surface area contributed by atoms with E-state index in [0.29, 0.717) is 24.5 Å². The lowest BCUT2D eigenvalue weighted by molar-refractivity contribution is -0.00607. The zero-order valence-electron chi connectivity index (χ0n) is 17.1. The largest absolute Gasteiger partial charge is 0.449 e. The molecule has 2 fully saturated rings. The van der Waals surface area contributed by atoms with Crippen molar-refractivity contribution >= 4 is 22.6 Å². The van der Waals surface area contributed by atoms with Gasteiger partial charge in [0, 0.05) is 22.0 Å². The molecule has 2 saturated carbocycles. The number of aromatic nitrogens is 1. The second-order valence-electron chi connectivity index (χ2n) is 8.59. The number of fused-ring (bicyclic) bond motifs is 1. The highest BCUT2D eigenvalue weighted by atomic mass is 19.3. The van der Waals surface area contributed by atoms with Gasteiger partial charge in [-0.2, -0.15) is 5.26 Å². The molecule has 0 radical (unpaired) electrons. The molecule has 1 aromatic carbocycles. The van der Waals surface area contributed by atoms with E-state index < -0.39 is 6.09 Å². The van der Waals surface area contributed by atoms with Crippen LogP contribution < -0.4 is 10.3 Å². The van der Waals surface area contributed by atoms with E-state index in [4.69, 9.17) is 4.74 Å². The van der Waals surface area contributed by atoms with Crippen molar-refractivity contribution in [3.05, 3.63) is 47.7 Å². The third-order valence-corrected chi connectivity index (χ3v) is 6.44. The fraction of sp³-hybridized carbons (Fsp3) is 0.417. The Kier molecular flexibility index (Phi) is 5.14. The highest BCUT2D eigenvalue weighted by Crippen LogP contribution is 2.42. The van der Waals surface area contributed by atoms with Gasteiger partial charge in [0.15, 0.2) is 5.75 Å². The maximum Gasteiger partial charge on any atom is 0.407 e. The van der Waals surface area contributed by atoms with E-state index in [9.17, 15) is 14.6 Å². The van der Waals surface area contributed by atoms with Gasteiger partial charge in [-0.3, -0.25) is 4.94 Å². The summed E-state index contributed by atoms with van der Waals surface area (Å²) < 4.78 is 20.3. The van der Waals surface area contributed by atoms with E-state index in [1.165, 1.54) is 6.07 Å². The molecule has 1 atom stereocenters. The number of hydrogen-bond acceptors (Lipinski definition) is 4. The van der Waals surface area contributed by atoms with Crippen molar-refractivity contribution < 1.29 is 19.0 Å². The molecular weight excluding hydrogens is 397 g/mol. The lowest BCUT2D eigenvalue weighted by Gasteiger charge is -2.31. The Morgan fingerprint density at radius 2 is 2.13 bits per heavy atom. The Morgan fingerprint density at radius 1 is 1.29 bits per heavy atom. The molecule has 3 aliphatic carbocycles. The number of benzene rings is 1. The molecule has 7 heteroatoms. The van der Waals surface area contributed by atoms with Crippen LogP contribution in [-0.2, 0) is 4.74 Å². The average molecular weight is 421 g/mol. The summed E-state index contributed by atoms with van der Waals surface area (Å²) in [4.78, 5) is 15.9. The van der Waals surface area contributed by atoms with Gasteiger partial charge < -0.3 is 14.6 Å². The first-order valence-corrected chi connectivity index (χ1v) is 10.9. The van der Waals surface area contributed by atoms with Crippen LogP contribution in [0.1, 0.15) is 55.8 Å². The normalized spacial score (nSPS) is 20.6. The van der Waals surface area contributed by atoms with E-state index in [2.05, 4.69) is 20.9 Å². The summed E-state index contributed by atoms with van der Waals surface area (Å²) >= 11 is 0. The van der Waals surface area contributed by atoms with Crippen LogP contribution in [0.15, 0.2) is 36.4 Å². The minimum Gasteiger partial charge on any atom is -0.449 e. The van der Waals surface area contributed by atoms with E-state index >= 15 is 0 Å². The van der Waals surface area contributed by atoms with Crippen molar-refractivity contribution in [2.75, 3.05) is 6.61 Å². The number of alkyl carbamates (subject to hydrolysis) is 1. The van der Waals surface area contributed by atoms with Crippen LogP contribution in [-0.4, -0.2) is 23.3 Å². The van der Waals surface area contributed by atoms with Crippen molar-refractivity contribution in [3.63, 3.8) is 0 Å². The molecule has 1 heterocycles. The molecule has 160 valence electrons. The smallest absolute Gasteiger partial charge is 0.407 e. The third-order valence-electron chi connectivity index (χ3n) is 6.44. The van der Waals surface area contributed by atoms with Gasteiger partial charge >= 0.3 is 6.09 Å². The van der Waals surface area contributed by atoms with Crippen molar-refractivity contribution in [1.82, 2.24) is 9.88 Å². The maximum atomic E-state index is 12.8. The second-order valence-corrected chi connectivity index (χ2v) is 8.59. The molecule has 2 aromatic rings. The summed E-state index contributed by atoms with van der Waals surface area (Å²) in [5.74, 6) is 0.657. The van der Waals surface area contributed by atoms with Crippen LogP contribution in [0.2, 0.25) is 0 Å². The first-order valence-electron chi connectivity index (χ1n) is 10.9. The van der Waals surface area contributed by atoms with Crippen molar-refractivity contribution in [2.45, 2.75) is 50.6 Å². The standard InChI is InChI=1S/C24H24FN3O3/c25-31-19-10-11-20-21(13-26)23(28(22(20)12-19)18-2-1-3-18)16-6-8-17(9-7-16)27-24(29)30-14-15-4-5-15/h6-8,10-12,15,17-18H,1-5,9,14H2,(H,27,29). The molecule has 5 rings (SSSR count). The average Bonchev–Trinajstić information content (AvgIpc) is 3.53. The number of amides is 1. The van der Waals surface area contributed by atoms with E-state index in [1.807, 2.05) is 18.2 Å². The van der Waals surface area contributed by atoms with Crippen LogP contribution in [0.25, 0.3) is 16.5 Å². The highest BCUT2D eigenvalue weighted by Gasteiger charge is 2.29. The van der Waals surface area contributed by atoms with Crippen molar-refractivity contribution in [1.29, 1.82) is 5.26 Å². The van der Waals surface area contributed by atoms with Gasteiger partial charge in [-0.15, -0.1) is 0 Å². The predicted octanol–water partition coefficient (Wildman–Crippen LogP) is 5.35. The number of nitrogens with one attached hydrogen (secondary N) is 1. The molecule has 3 aliphatic rings. The second kappa shape index (κ2) is 8.10. The number of nitrogens with zero attached hydrogens (tertiary/aromatic N) is 2. The third kappa shape index (κ3) is 3.78. The molecule has 0 saturated heterocycles. The fourth-order valence-electron chi connectivity index (χ4n) is 4.33.